The van der Waals surface area contributed by atoms with E-state index >= 15 is 0 Å². The highest BCUT2D eigenvalue weighted by Crippen LogP contribution is 2.38. The van der Waals surface area contributed by atoms with Gasteiger partial charge < -0.3 is 9.31 Å². The van der Waals surface area contributed by atoms with E-state index < -0.39 is 0 Å². The maximum Gasteiger partial charge on any atom is 0.496 e. The molecule has 1 saturated heterocycles. The Labute approximate surface area is 119 Å². The molecule has 0 radical (unpaired) electrons. The van der Waals surface area contributed by atoms with Crippen LogP contribution in [0.25, 0.3) is 0 Å². The SMILES string of the molecule is CC1(C)OB(c2ccc(SC3CC3)nc2)OC1(C)C. The molecule has 0 bridgehead atoms. The molecule has 3 rings (SSSR count). The van der Waals surface area contributed by atoms with Crippen LogP contribution >= 0.6 is 11.8 Å². The molecule has 102 valence electrons. The third kappa shape index (κ3) is 2.69. The molecule has 1 aliphatic heterocycles. The van der Waals surface area contributed by atoms with E-state index in [1.807, 2.05) is 18.0 Å². The number of nitrogens with zero attached hydrogens (tertiary/aromatic N) is 1. The van der Waals surface area contributed by atoms with Gasteiger partial charge in [0.05, 0.1) is 16.2 Å². The van der Waals surface area contributed by atoms with Gasteiger partial charge in [0.1, 0.15) is 0 Å². The van der Waals surface area contributed by atoms with Crippen LogP contribution in [0.5, 0.6) is 0 Å². The Morgan fingerprint density at radius 2 is 1.79 bits per heavy atom. The normalized spacial score (nSPS) is 24.7. The molecule has 1 aromatic heterocycles. The van der Waals surface area contributed by atoms with Gasteiger partial charge in [-0.3, -0.25) is 4.98 Å². The van der Waals surface area contributed by atoms with Gasteiger partial charge in [0.2, 0.25) is 0 Å². The van der Waals surface area contributed by atoms with E-state index in [0.717, 1.165) is 15.7 Å². The molecule has 0 amide bonds. The molecule has 2 heterocycles. The van der Waals surface area contributed by atoms with Crippen molar-refractivity contribution in [2.45, 2.75) is 62.0 Å². The third-order valence-corrected chi connectivity index (χ3v) is 5.38. The Hall–Kier alpha value is -0.515. The second-order valence-electron chi connectivity index (χ2n) is 6.34. The standard InChI is InChI=1S/C14H20BNO2S/c1-13(2)14(3,4)18-15(17-13)10-5-8-12(16-9-10)19-11-6-7-11/h5,8-9,11H,6-7H2,1-4H3. The molecule has 0 unspecified atom stereocenters. The molecule has 3 nitrogen and oxygen atoms in total. The van der Waals surface area contributed by atoms with Gasteiger partial charge in [-0.05, 0) is 46.6 Å². The van der Waals surface area contributed by atoms with E-state index in [4.69, 9.17) is 9.31 Å². The van der Waals surface area contributed by atoms with E-state index in [2.05, 4.69) is 44.8 Å². The van der Waals surface area contributed by atoms with E-state index in [0.29, 0.717) is 0 Å². The fourth-order valence-electron chi connectivity index (χ4n) is 1.94. The second kappa shape index (κ2) is 4.50. The molecule has 2 fully saturated rings. The number of pyridine rings is 1. The Bertz CT molecular complexity index is 455. The topological polar surface area (TPSA) is 31.4 Å². The third-order valence-electron chi connectivity index (χ3n) is 4.10. The van der Waals surface area contributed by atoms with Crippen molar-refractivity contribution in [3.8, 4) is 0 Å². The molecule has 0 spiro atoms. The summed E-state index contributed by atoms with van der Waals surface area (Å²) in [6.45, 7) is 8.27. The first-order valence-electron chi connectivity index (χ1n) is 6.86. The van der Waals surface area contributed by atoms with Crippen molar-refractivity contribution in [3.63, 3.8) is 0 Å². The molecule has 0 atom stereocenters. The molecule has 1 aromatic rings. The second-order valence-corrected chi connectivity index (χ2v) is 7.66. The van der Waals surface area contributed by atoms with Crippen molar-refractivity contribution in [1.29, 1.82) is 0 Å². The van der Waals surface area contributed by atoms with Crippen molar-refractivity contribution < 1.29 is 9.31 Å². The first-order valence-corrected chi connectivity index (χ1v) is 7.74. The average Bonchev–Trinajstić information content (AvgIpc) is 3.08. The van der Waals surface area contributed by atoms with Crippen LogP contribution in [-0.2, 0) is 9.31 Å². The number of hydrogen-bond acceptors (Lipinski definition) is 4. The Morgan fingerprint density at radius 3 is 2.26 bits per heavy atom. The summed E-state index contributed by atoms with van der Waals surface area (Å²) in [6, 6.07) is 4.14. The van der Waals surface area contributed by atoms with Crippen molar-refractivity contribution in [3.05, 3.63) is 18.3 Å². The molecule has 1 aliphatic carbocycles. The lowest BCUT2D eigenvalue weighted by Gasteiger charge is -2.32. The van der Waals surface area contributed by atoms with E-state index in [1.165, 1.54) is 12.8 Å². The predicted octanol–water partition coefficient (Wildman–Crippen LogP) is 2.64. The molecule has 2 aliphatic rings. The molecule has 0 aromatic carbocycles. The zero-order valence-corrected chi connectivity index (χ0v) is 12.8. The minimum absolute atomic E-state index is 0.293. The lowest BCUT2D eigenvalue weighted by atomic mass is 9.80. The van der Waals surface area contributed by atoms with E-state index in [9.17, 15) is 0 Å². The summed E-state index contributed by atoms with van der Waals surface area (Å²) in [5.41, 5.74) is 0.414. The minimum Gasteiger partial charge on any atom is -0.399 e. The highest BCUT2D eigenvalue weighted by molar-refractivity contribution is 8.00. The van der Waals surface area contributed by atoms with Crippen molar-refractivity contribution in [2.75, 3.05) is 0 Å². The molecular formula is C14H20BNO2S. The number of hydrogen-bond donors (Lipinski definition) is 0. The van der Waals surface area contributed by atoms with Crippen LogP contribution in [0, 0.1) is 0 Å². The van der Waals surface area contributed by atoms with Crippen molar-refractivity contribution >= 4 is 24.3 Å². The lowest BCUT2D eigenvalue weighted by Crippen LogP contribution is -2.41. The first-order chi connectivity index (χ1) is 8.87. The molecule has 5 heteroatoms. The van der Waals surface area contributed by atoms with Gasteiger partial charge in [-0.15, -0.1) is 11.8 Å². The number of aromatic nitrogens is 1. The van der Waals surface area contributed by atoms with Gasteiger partial charge in [0.25, 0.3) is 0 Å². The Balaban J connectivity index is 1.72. The van der Waals surface area contributed by atoms with Gasteiger partial charge in [-0.1, -0.05) is 6.07 Å². The van der Waals surface area contributed by atoms with Crippen LogP contribution < -0.4 is 5.46 Å². The van der Waals surface area contributed by atoms with Crippen LogP contribution in [0.2, 0.25) is 0 Å². The lowest BCUT2D eigenvalue weighted by molar-refractivity contribution is 0.00578. The summed E-state index contributed by atoms with van der Waals surface area (Å²) in [4.78, 5) is 4.50. The zero-order chi connectivity index (χ0) is 13.7. The first kappa shape index (κ1) is 13.5. The summed E-state index contributed by atoms with van der Waals surface area (Å²) >= 11 is 1.87. The quantitative estimate of drug-likeness (QED) is 0.795. The maximum absolute atomic E-state index is 6.01. The molecule has 0 N–H and O–H groups in total. The summed E-state index contributed by atoms with van der Waals surface area (Å²) < 4.78 is 12.0. The highest BCUT2D eigenvalue weighted by Gasteiger charge is 2.51. The van der Waals surface area contributed by atoms with Crippen LogP contribution in [0.3, 0.4) is 0 Å². The summed E-state index contributed by atoms with van der Waals surface area (Å²) in [5.74, 6) is 0. The number of rotatable bonds is 3. The van der Waals surface area contributed by atoms with E-state index in [-0.39, 0.29) is 18.3 Å². The smallest absolute Gasteiger partial charge is 0.399 e. The summed E-state index contributed by atoms with van der Waals surface area (Å²) in [6.07, 6.45) is 4.53. The highest BCUT2D eigenvalue weighted by atomic mass is 32.2. The van der Waals surface area contributed by atoms with Crippen LogP contribution in [0.15, 0.2) is 23.4 Å². The molecular weight excluding hydrogens is 257 g/mol. The van der Waals surface area contributed by atoms with E-state index in [1.54, 1.807) is 0 Å². The van der Waals surface area contributed by atoms with Gasteiger partial charge >= 0.3 is 7.12 Å². The Morgan fingerprint density at radius 1 is 1.16 bits per heavy atom. The Kier molecular flexibility index (Phi) is 3.19. The molecule has 1 saturated carbocycles. The van der Waals surface area contributed by atoms with Crippen LogP contribution in [0.4, 0.5) is 0 Å². The minimum atomic E-state index is -0.308. The average molecular weight is 277 g/mol. The zero-order valence-electron chi connectivity index (χ0n) is 12.0. The van der Waals surface area contributed by atoms with Crippen molar-refractivity contribution in [1.82, 2.24) is 4.98 Å². The summed E-state index contributed by atoms with van der Waals surface area (Å²) in [7, 11) is -0.308. The largest absolute Gasteiger partial charge is 0.496 e. The molecule has 19 heavy (non-hydrogen) atoms. The van der Waals surface area contributed by atoms with Crippen molar-refractivity contribution in [2.24, 2.45) is 0 Å². The monoisotopic (exact) mass is 277 g/mol. The van der Waals surface area contributed by atoms with Gasteiger partial charge in [0.15, 0.2) is 0 Å². The van der Waals surface area contributed by atoms with Gasteiger partial charge in [-0.2, -0.15) is 0 Å². The predicted molar refractivity (Wildman–Crippen MR) is 78.8 cm³/mol. The number of thioether (sulfide) groups is 1. The fraction of sp³-hybridized carbons (Fsp3) is 0.643. The maximum atomic E-state index is 6.01. The summed E-state index contributed by atoms with van der Waals surface area (Å²) in [5, 5.41) is 1.89. The van der Waals surface area contributed by atoms with Crippen LogP contribution in [0.1, 0.15) is 40.5 Å². The fourth-order valence-corrected chi connectivity index (χ4v) is 2.91. The van der Waals surface area contributed by atoms with Crippen LogP contribution in [-0.4, -0.2) is 28.6 Å². The van der Waals surface area contributed by atoms with Gasteiger partial charge in [0, 0.05) is 16.9 Å². The van der Waals surface area contributed by atoms with Gasteiger partial charge in [-0.25, -0.2) is 0 Å².